The van der Waals surface area contributed by atoms with Crippen LogP contribution in [0.25, 0.3) is 0 Å². The Hall–Kier alpha value is -3.11. The van der Waals surface area contributed by atoms with Gasteiger partial charge in [0.25, 0.3) is 0 Å². The van der Waals surface area contributed by atoms with Crippen molar-refractivity contribution in [1.82, 2.24) is 25.1 Å². The second-order valence-electron chi connectivity index (χ2n) is 9.93. The van der Waals surface area contributed by atoms with Gasteiger partial charge in [-0.1, -0.05) is 12.8 Å². The number of ether oxygens (including phenoxy) is 2. The molecule has 1 aromatic carbocycles. The first kappa shape index (κ1) is 26.9. The molecule has 2 amide bonds. The Balaban J connectivity index is 1.31. The number of piperazine rings is 1. The van der Waals surface area contributed by atoms with Crippen LogP contribution in [0.4, 0.5) is 5.69 Å². The van der Waals surface area contributed by atoms with E-state index >= 15 is 0 Å². The van der Waals surface area contributed by atoms with Crippen molar-refractivity contribution >= 4 is 17.5 Å². The Morgan fingerprint density at radius 2 is 1.92 bits per heavy atom. The molecule has 2 heterocycles. The molecule has 1 saturated heterocycles. The molecule has 3 N–H and O–H groups in total. The van der Waals surface area contributed by atoms with Gasteiger partial charge in [-0.15, -0.1) is 0 Å². The topological polar surface area (TPSA) is 110 Å². The van der Waals surface area contributed by atoms with E-state index in [0.29, 0.717) is 49.6 Å². The van der Waals surface area contributed by atoms with Crippen molar-refractivity contribution in [3.63, 3.8) is 0 Å². The van der Waals surface area contributed by atoms with Crippen LogP contribution in [0.2, 0.25) is 0 Å². The second kappa shape index (κ2) is 12.9. The number of benzene rings is 1. The summed E-state index contributed by atoms with van der Waals surface area (Å²) in [6, 6.07) is 5.42. The summed E-state index contributed by atoms with van der Waals surface area (Å²) in [5.74, 6) is 0.899. The molecule has 1 aromatic heterocycles. The van der Waals surface area contributed by atoms with Gasteiger partial charge in [0.1, 0.15) is 5.54 Å². The Morgan fingerprint density at radius 3 is 2.62 bits per heavy atom. The van der Waals surface area contributed by atoms with Crippen LogP contribution in [0.3, 0.4) is 0 Å². The Labute approximate surface area is 219 Å². The maximum Gasteiger partial charge on any atom is 0.250 e. The van der Waals surface area contributed by atoms with Crippen LogP contribution in [0.5, 0.6) is 11.5 Å². The first-order chi connectivity index (χ1) is 18.0. The Morgan fingerprint density at radius 1 is 1.14 bits per heavy atom. The lowest BCUT2D eigenvalue weighted by Gasteiger charge is -2.29. The molecule has 2 aliphatic rings. The molecule has 2 fully saturated rings. The lowest BCUT2D eigenvalue weighted by atomic mass is 9.95. The zero-order chi connectivity index (χ0) is 26.1. The average Bonchev–Trinajstić information content (AvgIpc) is 3.56. The summed E-state index contributed by atoms with van der Waals surface area (Å²) in [5.41, 5.74) is 0.722. The van der Waals surface area contributed by atoms with E-state index < -0.39 is 5.54 Å². The van der Waals surface area contributed by atoms with E-state index in [9.17, 15) is 9.59 Å². The zero-order valence-corrected chi connectivity index (χ0v) is 22.1. The van der Waals surface area contributed by atoms with Crippen LogP contribution in [0.1, 0.15) is 44.2 Å². The minimum Gasteiger partial charge on any atom is -0.493 e. The SMILES string of the molecule is COc1cc(NC(=O)C2(NC(=O)CCn3cncc3C)CCCC2)ccc1OCCCN1CCNCC1. The van der Waals surface area contributed by atoms with Crippen molar-refractivity contribution in [3.05, 3.63) is 36.4 Å². The molecule has 1 saturated carbocycles. The summed E-state index contributed by atoms with van der Waals surface area (Å²) in [6.45, 7) is 8.32. The van der Waals surface area contributed by atoms with Crippen molar-refractivity contribution < 1.29 is 19.1 Å². The predicted octanol–water partition coefficient (Wildman–Crippen LogP) is 2.33. The fourth-order valence-corrected chi connectivity index (χ4v) is 5.08. The zero-order valence-electron chi connectivity index (χ0n) is 22.1. The van der Waals surface area contributed by atoms with E-state index in [1.807, 2.05) is 23.6 Å². The molecule has 2 aromatic rings. The molecule has 37 heavy (non-hydrogen) atoms. The molecule has 10 nitrogen and oxygen atoms in total. The third kappa shape index (κ3) is 7.23. The maximum absolute atomic E-state index is 13.4. The molecule has 202 valence electrons. The van der Waals surface area contributed by atoms with Crippen LogP contribution in [-0.2, 0) is 16.1 Å². The number of carbonyl (C=O) groups is 2. The van der Waals surface area contributed by atoms with Gasteiger partial charge in [-0.05, 0) is 38.3 Å². The molecule has 1 aliphatic carbocycles. The monoisotopic (exact) mass is 512 g/mol. The average molecular weight is 513 g/mol. The van der Waals surface area contributed by atoms with Crippen molar-refractivity contribution in [3.8, 4) is 11.5 Å². The van der Waals surface area contributed by atoms with Gasteiger partial charge in [-0.3, -0.25) is 9.59 Å². The normalized spacial score (nSPS) is 17.4. The number of anilines is 1. The van der Waals surface area contributed by atoms with Crippen molar-refractivity contribution in [2.24, 2.45) is 0 Å². The number of aromatic nitrogens is 2. The van der Waals surface area contributed by atoms with E-state index in [-0.39, 0.29) is 11.8 Å². The number of aryl methyl sites for hydroxylation is 2. The van der Waals surface area contributed by atoms with E-state index in [0.717, 1.165) is 57.7 Å². The highest BCUT2D eigenvalue weighted by molar-refractivity contribution is 6.01. The molecule has 0 atom stereocenters. The summed E-state index contributed by atoms with van der Waals surface area (Å²) in [5, 5.41) is 9.41. The van der Waals surface area contributed by atoms with Gasteiger partial charge in [-0.25, -0.2) is 4.98 Å². The van der Waals surface area contributed by atoms with Crippen LogP contribution in [0, 0.1) is 6.92 Å². The number of amides is 2. The highest BCUT2D eigenvalue weighted by atomic mass is 16.5. The first-order valence-corrected chi connectivity index (χ1v) is 13.3. The summed E-state index contributed by atoms with van der Waals surface area (Å²) in [6.07, 6.45) is 7.76. The van der Waals surface area contributed by atoms with Gasteiger partial charge >= 0.3 is 0 Å². The Kier molecular flexibility index (Phi) is 9.40. The molecule has 4 rings (SSSR count). The van der Waals surface area contributed by atoms with Crippen LogP contribution < -0.4 is 25.4 Å². The highest BCUT2D eigenvalue weighted by Gasteiger charge is 2.42. The third-order valence-electron chi connectivity index (χ3n) is 7.28. The smallest absolute Gasteiger partial charge is 0.250 e. The number of carbonyl (C=O) groups excluding carboxylic acids is 2. The molecule has 0 unspecified atom stereocenters. The van der Waals surface area contributed by atoms with Gasteiger partial charge in [0.05, 0.1) is 20.0 Å². The third-order valence-corrected chi connectivity index (χ3v) is 7.28. The number of nitrogens with one attached hydrogen (secondary N) is 3. The molecule has 0 bridgehead atoms. The summed E-state index contributed by atoms with van der Waals surface area (Å²) in [4.78, 5) is 32.7. The number of rotatable bonds is 12. The number of hydrogen-bond donors (Lipinski definition) is 3. The van der Waals surface area contributed by atoms with Gasteiger partial charge < -0.3 is 34.9 Å². The lowest BCUT2D eigenvalue weighted by Crippen LogP contribution is -2.55. The van der Waals surface area contributed by atoms with E-state index in [2.05, 4.69) is 25.8 Å². The van der Waals surface area contributed by atoms with Crippen LogP contribution in [-0.4, -0.2) is 78.2 Å². The summed E-state index contributed by atoms with van der Waals surface area (Å²) < 4.78 is 13.4. The number of imidazole rings is 1. The number of hydrogen-bond acceptors (Lipinski definition) is 7. The summed E-state index contributed by atoms with van der Waals surface area (Å²) >= 11 is 0. The standard InChI is InChI=1S/C27H40N6O4/c1-21-19-29-20-33(21)14-8-25(34)31-27(9-3-4-10-27)26(35)30-22-6-7-23(24(18-22)36-2)37-17-5-13-32-15-11-28-12-16-32/h6-7,18-20,28H,3-5,8-17H2,1-2H3,(H,30,35)(H,31,34). The molecular formula is C27H40N6O4. The van der Waals surface area contributed by atoms with E-state index in [1.54, 1.807) is 25.7 Å². The fourth-order valence-electron chi connectivity index (χ4n) is 5.08. The molecule has 0 radical (unpaired) electrons. The number of methoxy groups -OCH3 is 1. The second-order valence-corrected chi connectivity index (χ2v) is 9.93. The van der Waals surface area contributed by atoms with Crippen molar-refractivity contribution in [2.75, 3.05) is 51.8 Å². The quantitative estimate of drug-likeness (QED) is 0.375. The van der Waals surface area contributed by atoms with Gasteiger partial charge in [0.15, 0.2) is 11.5 Å². The van der Waals surface area contributed by atoms with Crippen molar-refractivity contribution in [2.45, 2.75) is 57.5 Å². The fraction of sp³-hybridized carbons (Fsp3) is 0.593. The number of nitrogens with zero attached hydrogens (tertiary/aromatic N) is 3. The minimum atomic E-state index is -0.895. The molecule has 1 aliphatic heterocycles. The van der Waals surface area contributed by atoms with Gasteiger partial charge in [-0.2, -0.15) is 0 Å². The van der Waals surface area contributed by atoms with E-state index in [1.165, 1.54) is 0 Å². The minimum absolute atomic E-state index is 0.132. The molecule has 0 spiro atoms. The van der Waals surface area contributed by atoms with Crippen LogP contribution in [0.15, 0.2) is 30.7 Å². The summed E-state index contributed by atoms with van der Waals surface area (Å²) in [7, 11) is 1.59. The Bertz CT molecular complexity index is 1040. The first-order valence-electron chi connectivity index (χ1n) is 13.3. The van der Waals surface area contributed by atoms with Gasteiger partial charge in [0, 0.05) is 69.3 Å². The van der Waals surface area contributed by atoms with Gasteiger partial charge in [0.2, 0.25) is 11.8 Å². The van der Waals surface area contributed by atoms with Crippen molar-refractivity contribution in [1.29, 1.82) is 0 Å². The van der Waals surface area contributed by atoms with Crippen LogP contribution >= 0.6 is 0 Å². The lowest BCUT2D eigenvalue weighted by molar-refractivity contribution is -0.130. The highest BCUT2D eigenvalue weighted by Crippen LogP contribution is 2.34. The largest absolute Gasteiger partial charge is 0.493 e. The predicted molar refractivity (Wildman–Crippen MR) is 142 cm³/mol. The molecule has 10 heteroatoms. The van der Waals surface area contributed by atoms with E-state index in [4.69, 9.17) is 9.47 Å². The maximum atomic E-state index is 13.4. The molecular weight excluding hydrogens is 472 g/mol.